The van der Waals surface area contributed by atoms with Crippen molar-refractivity contribution < 1.29 is 9.90 Å². The molecule has 0 heterocycles. The standard InChI is InChI=1S/C20H26O2Si/c1-16(19(21)22)18(13-12-17-10-8-7-9-11-17)14-15-23(5,6)20(2,3)4/h7-13H,1-6H3,(H,21,22)/b13-12+,18-16-. The van der Waals surface area contributed by atoms with Crippen LogP contribution in [0.3, 0.4) is 0 Å². The van der Waals surface area contributed by atoms with E-state index in [1.807, 2.05) is 36.4 Å². The van der Waals surface area contributed by atoms with Gasteiger partial charge in [-0.25, -0.2) is 4.79 Å². The second kappa shape index (κ2) is 7.48. The van der Waals surface area contributed by atoms with Gasteiger partial charge in [-0.05, 0) is 23.6 Å². The summed E-state index contributed by atoms with van der Waals surface area (Å²) in [4.78, 5) is 11.3. The molecule has 23 heavy (non-hydrogen) atoms. The third-order valence-corrected chi connectivity index (χ3v) is 8.85. The summed E-state index contributed by atoms with van der Waals surface area (Å²) in [5.74, 6) is 2.21. The Kier molecular flexibility index (Phi) is 6.17. The summed E-state index contributed by atoms with van der Waals surface area (Å²) in [7, 11) is -1.78. The molecule has 0 spiro atoms. The minimum Gasteiger partial charge on any atom is -0.478 e. The van der Waals surface area contributed by atoms with Gasteiger partial charge < -0.3 is 5.11 Å². The number of carbonyl (C=O) groups is 1. The molecule has 0 saturated carbocycles. The molecule has 0 unspecified atom stereocenters. The van der Waals surface area contributed by atoms with Crippen LogP contribution < -0.4 is 0 Å². The maximum absolute atomic E-state index is 11.3. The van der Waals surface area contributed by atoms with Crippen molar-refractivity contribution in [2.45, 2.75) is 45.8 Å². The quantitative estimate of drug-likeness (QED) is 0.361. The van der Waals surface area contributed by atoms with E-state index >= 15 is 0 Å². The maximum atomic E-state index is 11.3. The van der Waals surface area contributed by atoms with Gasteiger partial charge in [0.2, 0.25) is 0 Å². The molecule has 0 aliphatic heterocycles. The van der Waals surface area contributed by atoms with E-state index in [0.717, 1.165) is 5.56 Å². The number of carboxylic acids is 1. The SMILES string of the molecule is C/C(C(=O)O)=C(C#C[Si](C)(C)C(C)(C)C)\C=C\c1ccccc1. The topological polar surface area (TPSA) is 37.3 Å². The third kappa shape index (κ3) is 5.58. The van der Waals surface area contributed by atoms with E-state index < -0.39 is 14.0 Å². The lowest BCUT2D eigenvalue weighted by molar-refractivity contribution is -0.132. The first-order chi connectivity index (χ1) is 10.5. The molecule has 0 fully saturated rings. The lowest BCUT2D eigenvalue weighted by atomic mass is 10.1. The summed E-state index contributed by atoms with van der Waals surface area (Å²) < 4.78 is 0. The molecule has 0 aromatic heterocycles. The Morgan fingerprint density at radius 3 is 2.22 bits per heavy atom. The Bertz CT molecular complexity index is 678. The summed E-state index contributed by atoms with van der Waals surface area (Å²) in [6, 6.07) is 9.81. The second-order valence-electron chi connectivity index (χ2n) is 7.21. The van der Waals surface area contributed by atoms with Gasteiger partial charge >= 0.3 is 5.97 Å². The predicted octanol–water partition coefficient (Wildman–Crippen LogP) is 5.15. The molecule has 1 aromatic rings. The average molecular weight is 327 g/mol. The van der Waals surface area contributed by atoms with Crippen LogP contribution in [0.15, 0.2) is 47.6 Å². The van der Waals surface area contributed by atoms with Crippen LogP contribution in [-0.2, 0) is 4.79 Å². The van der Waals surface area contributed by atoms with E-state index in [2.05, 4.69) is 45.3 Å². The highest BCUT2D eigenvalue weighted by Crippen LogP contribution is 2.35. The number of hydrogen-bond donors (Lipinski definition) is 1. The van der Waals surface area contributed by atoms with Crippen molar-refractivity contribution in [3.05, 3.63) is 53.1 Å². The molecular formula is C20H26O2Si. The Hall–Kier alpha value is -2.05. The van der Waals surface area contributed by atoms with Crippen LogP contribution in [0.2, 0.25) is 18.1 Å². The molecule has 1 aromatic carbocycles. The smallest absolute Gasteiger partial charge is 0.332 e. The number of hydrogen-bond acceptors (Lipinski definition) is 1. The zero-order valence-electron chi connectivity index (χ0n) is 14.9. The van der Waals surface area contributed by atoms with Crippen molar-refractivity contribution in [2.24, 2.45) is 0 Å². The van der Waals surface area contributed by atoms with Gasteiger partial charge in [0, 0.05) is 11.1 Å². The molecule has 0 atom stereocenters. The number of allylic oxidation sites excluding steroid dienone is 2. The summed E-state index contributed by atoms with van der Waals surface area (Å²) in [6.45, 7) is 12.6. The van der Waals surface area contributed by atoms with Gasteiger partial charge in [0.25, 0.3) is 0 Å². The van der Waals surface area contributed by atoms with Crippen LogP contribution in [0.5, 0.6) is 0 Å². The molecular weight excluding hydrogens is 300 g/mol. The van der Waals surface area contributed by atoms with E-state index in [0.29, 0.717) is 5.57 Å². The van der Waals surface area contributed by atoms with Crippen LogP contribution in [0.1, 0.15) is 33.3 Å². The van der Waals surface area contributed by atoms with Gasteiger partial charge in [0.1, 0.15) is 8.07 Å². The normalized spacial score (nSPS) is 13.3. The first-order valence-electron chi connectivity index (χ1n) is 7.75. The number of aliphatic carboxylic acids is 1. The maximum Gasteiger partial charge on any atom is 0.332 e. The highest BCUT2D eigenvalue weighted by molar-refractivity contribution is 6.87. The molecule has 0 bridgehead atoms. The fraction of sp³-hybridized carbons (Fsp3) is 0.350. The minimum absolute atomic E-state index is 0.144. The number of rotatable bonds is 3. The molecule has 2 nitrogen and oxygen atoms in total. The molecule has 0 aliphatic rings. The largest absolute Gasteiger partial charge is 0.478 e. The van der Waals surface area contributed by atoms with Crippen molar-refractivity contribution in [3.63, 3.8) is 0 Å². The third-order valence-electron chi connectivity index (χ3n) is 4.35. The Balaban J connectivity index is 3.24. The number of benzene rings is 1. The summed E-state index contributed by atoms with van der Waals surface area (Å²) in [6.07, 6.45) is 3.71. The van der Waals surface area contributed by atoms with E-state index in [1.165, 1.54) is 0 Å². The molecule has 1 N–H and O–H groups in total. The monoisotopic (exact) mass is 326 g/mol. The molecule has 0 aliphatic carbocycles. The lowest BCUT2D eigenvalue weighted by Crippen LogP contribution is -2.35. The van der Waals surface area contributed by atoms with Gasteiger partial charge in [-0.3, -0.25) is 0 Å². The molecule has 1 rings (SSSR count). The van der Waals surface area contributed by atoms with Crippen molar-refractivity contribution in [3.8, 4) is 11.5 Å². The zero-order valence-corrected chi connectivity index (χ0v) is 15.9. The van der Waals surface area contributed by atoms with Gasteiger partial charge in [0.05, 0.1) is 0 Å². The van der Waals surface area contributed by atoms with E-state index in [1.54, 1.807) is 13.0 Å². The Labute approximate surface area is 140 Å². The fourth-order valence-corrected chi connectivity index (χ4v) is 2.35. The molecule has 0 amide bonds. The first-order valence-corrected chi connectivity index (χ1v) is 10.7. The number of carboxylic acid groups (broad SMARTS) is 1. The molecule has 122 valence electrons. The first kappa shape index (κ1) is 19.0. The molecule has 3 heteroatoms. The summed E-state index contributed by atoms with van der Waals surface area (Å²) in [5.41, 5.74) is 5.27. The molecule has 0 saturated heterocycles. The summed E-state index contributed by atoms with van der Waals surface area (Å²) >= 11 is 0. The van der Waals surface area contributed by atoms with Crippen molar-refractivity contribution in [1.29, 1.82) is 0 Å². The van der Waals surface area contributed by atoms with Crippen LogP contribution in [0, 0.1) is 11.5 Å². The average Bonchev–Trinajstić information content (AvgIpc) is 2.46. The second-order valence-corrected chi connectivity index (χ2v) is 12.2. The Morgan fingerprint density at radius 2 is 1.74 bits per heavy atom. The minimum atomic E-state index is -1.78. The predicted molar refractivity (Wildman–Crippen MR) is 101 cm³/mol. The van der Waals surface area contributed by atoms with Gasteiger partial charge in [0.15, 0.2) is 0 Å². The van der Waals surface area contributed by atoms with E-state index in [-0.39, 0.29) is 10.6 Å². The van der Waals surface area contributed by atoms with Crippen LogP contribution >= 0.6 is 0 Å². The van der Waals surface area contributed by atoms with Crippen molar-refractivity contribution >= 4 is 20.1 Å². The van der Waals surface area contributed by atoms with Crippen LogP contribution in [0.25, 0.3) is 6.08 Å². The van der Waals surface area contributed by atoms with Crippen LogP contribution in [0.4, 0.5) is 0 Å². The van der Waals surface area contributed by atoms with Crippen molar-refractivity contribution in [2.75, 3.05) is 0 Å². The van der Waals surface area contributed by atoms with Crippen LogP contribution in [-0.4, -0.2) is 19.1 Å². The molecule has 0 radical (unpaired) electrons. The zero-order chi connectivity index (χ0) is 17.7. The van der Waals surface area contributed by atoms with Gasteiger partial charge in [-0.15, -0.1) is 5.54 Å². The fourth-order valence-electron chi connectivity index (χ4n) is 1.53. The Morgan fingerprint density at radius 1 is 1.17 bits per heavy atom. The van der Waals surface area contributed by atoms with Gasteiger partial charge in [-0.1, -0.05) is 76.2 Å². The van der Waals surface area contributed by atoms with Gasteiger partial charge in [-0.2, -0.15) is 0 Å². The van der Waals surface area contributed by atoms with E-state index in [4.69, 9.17) is 0 Å². The van der Waals surface area contributed by atoms with Crippen molar-refractivity contribution in [1.82, 2.24) is 0 Å². The lowest BCUT2D eigenvalue weighted by Gasteiger charge is -2.31. The highest BCUT2D eigenvalue weighted by Gasteiger charge is 2.33. The highest BCUT2D eigenvalue weighted by atomic mass is 28.3. The van der Waals surface area contributed by atoms with E-state index in [9.17, 15) is 9.90 Å². The summed E-state index contributed by atoms with van der Waals surface area (Å²) in [5, 5.41) is 9.43.